The van der Waals surface area contributed by atoms with Crippen molar-refractivity contribution >= 4 is 23.2 Å². The molecule has 6 heteroatoms. The van der Waals surface area contributed by atoms with E-state index in [9.17, 15) is 4.79 Å². The molecule has 28 heavy (non-hydrogen) atoms. The van der Waals surface area contributed by atoms with Crippen molar-refractivity contribution in [3.8, 4) is 17.0 Å². The summed E-state index contributed by atoms with van der Waals surface area (Å²) in [5, 5.41) is 3.57. The fourth-order valence-electron chi connectivity index (χ4n) is 2.67. The third-order valence-electron chi connectivity index (χ3n) is 4.14. The van der Waals surface area contributed by atoms with Crippen LogP contribution in [0.1, 0.15) is 15.9 Å². The minimum absolute atomic E-state index is 0.200. The zero-order valence-electron chi connectivity index (χ0n) is 15.7. The predicted molar refractivity (Wildman–Crippen MR) is 111 cm³/mol. The lowest BCUT2D eigenvalue weighted by atomic mass is 10.0. The minimum atomic E-state index is -0.200. The molecule has 0 aliphatic carbocycles. The first-order valence-corrected chi connectivity index (χ1v) is 9.21. The number of hydrogen-bond donors (Lipinski definition) is 1. The maximum atomic E-state index is 12.5. The Morgan fingerprint density at radius 1 is 1.11 bits per heavy atom. The lowest BCUT2D eigenvalue weighted by Crippen LogP contribution is -2.12. The van der Waals surface area contributed by atoms with Gasteiger partial charge < -0.3 is 14.8 Å². The molecule has 0 unspecified atom stereocenters. The fourth-order valence-corrected chi connectivity index (χ4v) is 2.79. The molecular weight excluding hydrogens is 376 g/mol. The SMILES string of the molecule is COCCOc1ncc(NC(=O)c2ccccc2)cc1-c1ccc(Cl)c(C)c1. The van der Waals surface area contributed by atoms with Gasteiger partial charge in [-0.05, 0) is 48.4 Å². The minimum Gasteiger partial charge on any atom is -0.475 e. The summed E-state index contributed by atoms with van der Waals surface area (Å²) in [4.78, 5) is 16.9. The first kappa shape index (κ1) is 19.9. The number of nitrogens with zero attached hydrogens (tertiary/aromatic N) is 1. The first-order chi connectivity index (χ1) is 13.6. The van der Waals surface area contributed by atoms with Crippen molar-refractivity contribution in [2.75, 3.05) is 25.6 Å². The van der Waals surface area contributed by atoms with Crippen LogP contribution in [0.3, 0.4) is 0 Å². The Kier molecular flexibility index (Phi) is 6.63. The molecule has 3 aromatic rings. The number of methoxy groups -OCH3 is 1. The van der Waals surface area contributed by atoms with Gasteiger partial charge in [0, 0.05) is 23.3 Å². The van der Waals surface area contributed by atoms with Crippen LogP contribution < -0.4 is 10.1 Å². The van der Waals surface area contributed by atoms with Crippen molar-refractivity contribution in [1.82, 2.24) is 4.98 Å². The number of rotatable bonds is 7. The number of hydrogen-bond acceptors (Lipinski definition) is 4. The summed E-state index contributed by atoms with van der Waals surface area (Å²) in [5.74, 6) is 0.269. The molecule has 1 aromatic heterocycles. The molecule has 0 atom stereocenters. The molecule has 1 heterocycles. The molecule has 0 radical (unpaired) electrons. The maximum Gasteiger partial charge on any atom is 0.255 e. The van der Waals surface area contributed by atoms with Gasteiger partial charge >= 0.3 is 0 Å². The molecule has 0 bridgehead atoms. The van der Waals surface area contributed by atoms with E-state index < -0.39 is 0 Å². The van der Waals surface area contributed by atoms with E-state index >= 15 is 0 Å². The van der Waals surface area contributed by atoms with Crippen LogP contribution in [0.5, 0.6) is 5.88 Å². The summed E-state index contributed by atoms with van der Waals surface area (Å²) >= 11 is 6.16. The highest BCUT2D eigenvalue weighted by molar-refractivity contribution is 6.31. The van der Waals surface area contributed by atoms with Crippen molar-refractivity contribution < 1.29 is 14.3 Å². The van der Waals surface area contributed by atoms with Crippen molar-refractivity contribution in [2.24, 2.45) is 0 Å². The number of amides is 1. The number of aromatic nitrogens is 1. The third-order valence-corrected chi connectivity index (χ3v) is 4.56. The van der Waals surface area contributed by atoms with E-state index in [2.05, 4.69) is 10.3 Å². The van der Waals surface area contributed by atoms with Crippen molar-refractivity contribution in [1.29, 1.82) is 0 Å². The average molecular weight is 397 g/mol. The second-order valence-corrected chi connectivity index (χ2v) is 6.61. The van der Waals surface area contributed by atoms with Gasteiger partial charge in [-0.3, -0.25) is 4.79 Å². The molecule has 2 aromatic carbocycles. The number of nitrogens with one attached hydrogen (secondary N) is 1. The van der Waals surface area contributed by atoms with Crippen molar-refractivity contribution in [3.05, 3.63) is 76.9 Å². The van der Waals surface area contributed by atoms with Crippen LogP contribution in [0.25, 0.3) is 11.1 Å². The molecule has 5 nitrogen and oxygen atoms in total. The second-order valence-electron chi connectivity index (χ2n) is 6.20. The maximum absolute atomic E-state index is 12.5. The Bertz CT molecular complexity index is 961. The Hall–Kier alpha value is -2.89. The molecule has 0 aliphatic rings. The summed E-state index contributed by atoms with van der Waals surface area (Å²) in [6, 6.07) is 16.6. The lowest BCUT2D eigenvalue weighted by molar-refractivity contribution is 0.102. The fraction of sp³-hybridized carbons (Fsp3) is 0.182. The van der Waals surface area contributed by atoms with Crippen molar-refractivity contribution in [3.63, 3.8) is 0 Å². The topological polar surface area (TPSA) is 60.5 Å². The zero-order chi connectivity index (χ0) is 19.9. The Balaban J connectivity index is 1.92. The summed E-state index contributed by atoms with van der Waals surface area (Å²) in [5.41, 5.74) is 3.77. The molecule has 0 saturated heterocycles. The molecule has 3 rings (SSSR count). The molecule has 1 amide bonds. The normalized spacial score (nSPS) is 10.5. The van der Waals surface area contributed by atoms with Gasteiger partial charge in [0.05, 0.1) is 18.5 Å². The highest BCUT2D eigenvalue weighted by Gasteiger charge is 2.13. The number of aryl methyl sites for hydroxylation is 1. The average Bonchev–Trinajstić information content (AvgIpc) is 2.72. The number of anilines is 1. The van der Waals surface area contributed by atoms with E-state index in [0.717, 1.165) is 16.7 Å². The summed E-state index contributed by atoms with van der Waals surface area (Å²) in [7, 11) is 1.61. The van der Waals surface area contributed by atoms with Gasteiger partial charge in [-0.1, -0.05) is 35.9 Å². The van der Waals surface area contributed by atoms with Gasteiger partial charge in [-0.25, -0.2) is 4.98 Å². The Labute approximate surface area is 169 Å². The quantitative estimate of drug-likeness (QED) is 0.571. The van der Waals surface area contributed by atoms with E-state index in [1.54, 1.807) is 25.4 Å². The van der Waals surface area contributed by atoms with Crippen LogP contribution in [0.2, 0.25) is 5.02 Å². The number of carbonyl (C=O) groups is 1. The van der Waals surface area contributed by atoms with Crippen molar-refractivity contribution in [2.45, 2.75) is 6.92 Å². The smallest absolute Gasteiger partial charge is 0.255 e. The van der Waals surface area contributed by atoms with E-state index in [4.69, 9.17) is 21.1 Å². The molecule has 0 spiro atoms. The molecule has 0 aliphatic heterocycles. The van der Waals surface area contributed by atoms with Crippen LogP contribution in [0, 0.1) is 6.92 Å². The summed E-state index contributed by atoms with van der Waals surface area (Å²) < 4.78 is 10.8. The van der Waals surface area contributed by atoms with Crippen LogP contribution in [-0.2, 0) is 4.74 Å². The largest absolute Gasteiger partial charge is 0.475 e. The molecule has 144 valence electrons. The second kappa shape index (κ2) is 9.35. The monoisotopic (exact) mass is 396 g/mol. The van der Waals surface area contributed by atoms with E-state index in [-0.39, 0.29) is 5.91 Å². The number of benzene rings is 2. The van der Waals surface area contributed by atoms with Gasteiger partial charge in [0.25, 0.3) is 5.91 Å². The number of carbonyl (C=O) groups excluding carboxylic acids is 1. The van der Waals surface area contributed by atoms with Gasteiger partial charge in [-0.2, -0.15) is 0 Å². The van der Waals surface area contributed by atoms with Crippen LogP contribution >= 0.6 is 11.6 Å². The number of halogens is 1. The number of ether oxygens (including phenoxy) is 2. The molecule has 1 N–H and O–H groups in total. The van der Waals surface area contributed by atoms with Crippen LogP contribution in [-0.4, -0.2) is 31.2 Å². The van der Waals surface area contributed by atoms with Gasteiger partial charge in [0.15, 0.2) is 0 Å². The highest BCUT2D eigenvalue weighted by atomic mass is 35.5. The zero-order valence-corrected chi connectivity index (χ0v) is 16.5. The van der Waals surface area contributed by atoms with Gasteiger partial charge in [0.1, 0.15) is 6.61 Å². The van der Waals surface area contributed by atoms with E-state index in [1.807, 2.05) is 49.4 Å². The molecule has 0 saturated carbocycles. The third kappa shape index (κ3) is 4.88. The van der Waals surface area contributed by atoms with Crippen LogP contribution in [0.4, 0.5) is 5.69 Å². The van der Waals surface area contributed by atoms with Gasteiger partial charge in [0.2, 0.25) is 5.88 Å². The first-order valence-electron chi connectivity index (χ1n) is 8.83. The summed E-state index contributed by atoms with van der Waals surface area (Å²) in [6.45, 7) is 2.76. The standard InChI is InChI=1S/C22H21ClN2O3/c1-15-12-17(8-9-20(15)23)19-13-18(14-24-22(19)28-11-10-27-2)25-21(26)16-6-4-3-5-7-16/h3-9,12-14H,10-11H2,1-2H3,(H,25,26). The Morgan fingerprint density at radius 2 is 1.89 bits per heavy atom. The summed E-state index contributed by atoms with van der Waals surface area (Å²) in [6.07, 6.45) is 1.58. The Morgan fingerprint density at radius 3 is 2.61 bits per heavy atom. The highest BCUT2D eigenvalue weighted by Crippen LogP contribution is 2.33. The number of pyridine rings is 1. The van der Waals surface area contributed by atoms with E-state index in [1.165, 1.54) is 0 Å². The molecule has 0 fully saturated rings. The molecular formula is C22H21ClN2O3. The van der Waals surface area contributed by atoms with Gasteiger partial charge in [-0.15, -0.1) is 0 Å². The lowest BCUT2D eigenvalue weighted by Gasteiger charge is -2.14. The predicted octanol–water partition coefficient (Wildman–Crippen LogP) is 4.99. The van der Waals surface area contributed by atoms with E-state index in [0.29, 0.717) is 35.4 Å². The van der Waals surface area contributed by atoms with Crippen LogP contribution in [0.15, 0.2) is 60.8 Å².